The van der Waals surface area contributed by atoms with Gasteiger partial charge in [0.15, 0.2) is 0 Å². The van der Waals surface area contributed by atoms with Crippen LogP contribution < -0.4 is 10.1 Å². The molecule has 1 amide bonds. The molecule has 5 heteroatoms. The highest BCUT2D eigenvalue weighted by molar-refractivity contribution is 5.79. The molecule has 0 bridgehead atoms. The standard InChI is InChI=1S/C19H21N3O2/c1-3-24-16-7-4-14(5-8-16)11-19(23)20-12-15-6-9-17-18(10-15)22-13(2)21-17/h4-10H,3,11-12H2,1-2H3,(H,20,23)(H,21,22). The molecule has 0 aliphatic heterocycles. The van der Waals surface area contributed by atoms with E-state index in [4.69, 9.17) is 4.74 Å². The van der Waals surface area contributed by atoms with Crippen LogP contribution in [0.3, 0.4) is 0 Å². The Bertz CT molecular complexity index is 837. The number of carbonyl (C=O) groups is 1. The molecule has 124 valence electrons. The number of imidazole rings is 1. The Balaban J connectivity index is 1.55. The van der Waals surface area contributed by atoms with Crippen LogP contribution in [0.4, 0.5) is 0 Å². The lowest BCUT2D eigenvalue weighted by atomic mass is 10.1. The van der Waals surface area contributed by atoms with E-state index in [1.165, 1.54) is 0 Å². The highest BCUT2D eigenvalue weighted by Crippen LogP contribution is 2.14. The lowest BCUT2D eigenvalue weighted by molar-refractivity contribution is -0.120. The second kappa shape index (κ2) is 7.17. The van der Waals surface area contributed by atoms with E-state index in [1.807, 2.05) is 56.3 Å². The number of nitrogens with one attached hydrogen (secondary N) is 2. The number of fused-ring (bicyclic) bond motifs is 1. The number of benzene rings is 2. The smallest absolute Gasteiger partial charge is 0.224 e. The summed E-state index contributed by atoms with van der Waals surface area (Å²) in [6, 6.07) is 13.6. The van der Waals surface area contributed by atoms with E-state index in [9.17, 15) is 4.79 Å². The van der Waals surface area contributed by atoms with Crippen LogP contribution in [0.5, 0.6) is 5.75 Å². The van der Waals surface area contributed by atoms with Crippen LogP contribution in [0.2, 0.25) is 0 Å². The maximum Gasteiger partial charge on any atom is 0.224 e. The molecule has 5 nitrogen and oxygen atoms in total. The maximum atomic E-state index is 12.1. The second-order valence-electron chi connectivity index (χ2n) is 5.70. The molecule has 0 atom stereocenters. The molecule has 24 heavy (non-hydrogen) atoms. The third-order valence-corrected chi connectivity index (χ3v) is 3.75. The molecule has 0 fully saturated rings. The van der Waals surface area contributed by atoms with Crippen LogP contribution in [0.25, 0.3) is 11.0 Å². The number of carbonyl (C=O) groups excluding carboxylic acids is 1. The predicted molar refractivity (Wildman–Crippen MR) is 94.0 cm³/mol. The minimum Gasteiger partial charge on any atom is -0.494 e. The first-order valence-corrected chi connectivity index (χ1v) is 8.07. The third-order valence-electron chi connectivity index (χ3n) is 3.75. The van der Waals surface area contributed by atoms with E-state index in [1.54, 1.807) is 0 Å². The average Bonchev–Trinajstić information content (AvgIpc) is 2.94. The lowest BCUT2D eigenvalue weighted by Crippen LogP contribution is -2.24. The minimum absolute atomic E-state index is 0.0000445. The molecule has 0 saturated carbocycles. The van der Waals surface area contributed by atoms with E-state index in [2.05, 4.69) is 15.3 Å². The quantitative estimate of drug-likeness (QED) is 0.732. The summed E-state index contributed by atoms with van der Waals surface area (Å²) in [7, 11) is 0. The Morgan fingerprint density at radius 1 is 1.17 bits per heavy atom. The van der Waals surface area contributed by atoms with Gasteiger partial charge in [0.2, 0.25) is 5.91 Å². The number of ether oxygens (including phenoxy) is 1. The van der Waals surface area contributed by atoms with Crippen LogP contribution >= 0.6 is 0 Å². The fraction of sp³-hybridized carbons (Fsp3) is 0.263. The zero-order valence-corrected chi connectivity index (χ0v) is 13.9. The minimum atomic E-state index is 0.0000445. The van der Waals surface area contributed by atoms with Gasteiger partial charge in [-0.2, -0.15) is 0 Å². The lowest BCUT2D eigenvalue weighted by Gasteiger charge is -2.07. The van der Waals surface area contributed by atoms with E-state index in [-0.39, 0.29) is 5.91 Å². The summed E-state index contributed by atoms with van der Waals surface area (Å²) in [6.45, 7) is 5.02. The summed E-state index contributed by atoms with van der Waals surface area (Å²) < 4.78 is 5.40. The highest BCUT2D eigenvalue weighted by atomic mass is 16.5. The zero-order valence-electron chi connectivity index (χ0n) is 13.9. The van der Waals surface area contributed by atoms with Gasteiger partial charge in [0.1, 0.15) is 11.6 Å². The second-order valence-corrected chi connectivity index (χ2v) is 5.70. The summed E-state index contributed by atoms with van der Waals surface area (Å²) in [4.78, 5) is 19.7. The molecule has 0 aliphatic carbocycles. The molecular formula is C19H21N3O2. The molecule has 0 unspecified atom stereocenters. The van der Waals surface area contributed by atoms with Gasteiger partial charge in [0.05, 0.1) is 24.1 Å². The zero-order chi connectivity index (χ0) is 16.9. The number of hydrogen-bond donors (Lipinski definition) is 2. The number of H-pyrrole nitrogens is 1. The normalized spacial score (nSPS) is 10.8. The summed E-state index contributed by atoms with van der Waals surface area (Å²) in [6.07, 6.45) is 0.359. The molecule has 2 N–H and O–H groups in total. The van der Waals surface area contributed by atoms with Crippen LogP contribution in [0.15, 0.2) is 42.5 Å². The summed E-state index contributed by atoms with van der Waals surface area (Å²) in [5.41, 5.74) is 3.95. The first-order valence-electron chi connectivity index (χ1n) is 8.07. The van der Waals surface area contributed by atoms with Crippen molar-refractivity contribution in [2.24, 2.45) is 0 Å². The molecule has 3 aromatic rings. The summed E-state index contributed by atoms with van der Waals surface area (Å²) >= 11 is 0. The van der Waals surface area contributed by atoms with Crippen molar-refractivity contribution in [3.05, 3.63) is 59.4 Å². The van der Waals surface area contributed by atoms with Crippen LogP contribution in [-0.4, -0.2) is 22.5 Å². The number of amides is 1. The van der Waals surface area contributed by atoms with Crippen molar-refractivity contribution in [3.8, 4) is 5.75 Å². The number of nitrogens with zero attached hydrogens (tertiary/aromatic N) is 1. The SMILES string of the molecule is CCOc1ccc(CC(=O)NCc2ccc3nc(C)[nH]c3c2)cc1. The predicted octanol–water partition coefficient (Wildman–Crippen LogP) is 3.13. The Hall–Kier alpha value is -2.82. The van der Waals surface area contributed by atoms with Crippen molar-refractivity contribution in [1.82, 2.24) is 15.3 Å². The van der Waals surface area contributed by atoms with Gasteiger partial charge < -0.3 is 15.0 Å². The molecule has 2 aromatic carbocycles. The fourth-order valence-corrected chi connectivity index (χ4v) is 2.61. The molecule has 0 radical (unpaired) electrons. The highest BCUT2D eigenvalue weighted by Gasteiger charge is 2.05. The van der Waals surface area contributed by atoms with Crippen LogP contribution in [-0.2, 0) is 17.8 Å². The largest absolute Gasteiger partial charge is 0.494 e. The maximum absolute atomic E-state index is 12.1. The number of aryl methyl sites for hydroxylation is 1. The molecule has 0 spiro atoms. The van der Waals surface area contributed by atoms with Gasteiger partial charge in [-0.15, -0.1) is 0 Å². The average molecular weight is 323 g/mol. The monoisotopic (exact) mass is 323 g/mol. The van der Waals surface area contributed by atoms with Crippen molar-refractivity contribution >= 4 is 16.9 Å². The first-order chi connectivity index (χ1) is 11.6. The van der Waals surface area contributed by atoms with Crippen molar-refractivity contribution in [2.45, 2.75) is 26.8 Å². The summed E-state index contributed by atoms with van der Waals surface area (Å²) in [5, 5.41) is 2.95. The van der Waals surface area contributed by atoms with E-state index < -0.39 is 0 Å². The van der Waals surface area contributed by atoms with Gasteiger partial charge in [0, 0.05) is 6.54 Å². The molecule has 0 aliphatic rings. The van der Waals surface area contributed by atoms with E-state index in [0.29, 0.717) is 19.6 Å². The van der Waals surface area contributed by atoms with Gasteiger partial charge in [0.25, 0.3) is 0 Å². The molecular weight excluding hydrogens is 302 g/mol. The number of aromatic amines is 1. The molecule has 1 aromatic heterocycles. The van der Waals surface area contributed by atoms with Gasteiger partial charge in [-0.05, 0) is 49.2 Å². The van der Waals surface area contributed by atoms with Crippen molar-refractivity contribution in [3.63, 3.8) is 0 Å². The topological polar surface area (TPSA) is 67.0 Å². The Labute approximate surface area is 141 Å². The number of rotatable bonds is 6. The van der Waals surface area contributed by atoms with Crippen molar-refractivity contribution < 1.29 is 9.53 Å². The molecule has 0 saturated heterocycles. The fourth-order valence-electron chi connectivity index (χ4n) is 2.61. The van der Waals surface area contributed by atoms with E-state index in [0.717, 1.165) is 33.7 Å². The number of hydrogen-bond acceptors (Lipinski definition) is 3. The van der Waals surface area contributed by atoms with Gasteiger partial charge in [-0.3, -0.25) is 4.79 Å². The molecule has 3 rings (SSSR count). The van der Waals surface area contributed by atoms with Gasteiger partial charge in [-0.1, -0.05) is 18.2 Å². The van der Waals surface area contributed by atoms with Crippen molar-refractivity contribution in [2.75, 3.05) is 6.61 Å². The van der Waals surface area contributed by atoms with Gasteiger partial charge >= 0.3 is 0 Å². The Morgan fingerprint density at radius 3 is 2.67 bits per heavy atom. The molecule has 1 heterocycles. The van der Waals surface area contributed by atoms with Crippen molar-refractivity contribution in [1.29, 1.82) is 0 Å². The Morgan fingerprint density at radius 2 is 1.92 bits per heavy atom. The van der Waals surface area contributed by atoms with Crippen LogP contribution in [0, 0.1) is 6.92 Å². The first kappa shape index (κ1) is 16.1. The Kier molecular flexibility index (Phi) is 4.79. The summed E-state index contributed by atoms with van der Waals surface area (Å²) in [5.74, 6) is 1.71. The van der Waals surface area contributed by atoms with E-state index >= 15 is 0 Å². The van der Waals surface area contributed by atoms with Crippen LogP contribution in [0.1, 0.15) is 23.9 Å². The third kappa shape index (κ3) is 3.93. The van der Waals surface area contributed by atoms with Gasteiger partial charge in [-0.25, -0.2) is 4.98 Å². The number of aromatic nitrogens is 2.